The zero-order valence-electron chi connectivity index (χ0n) is 11.0. The quantitative estimate of drug-likeness (QED) is 0.800. The summed E-state index contributed by atoms with van der Waals surface area (Å²) in [6, 6.07) is 6.41. The van der Waals surface area contributed by atoms with Gasteiger partial charge >= 0.3 is 0 Å². The number of nitrogens with one attached hydrogen (secondary N) is 1. The molecule has 1 fully saturated rings. The summed E-state index contributed by atoms with van der Waals surface area (Å²) in [5.41, 5.74) is 1.11. The highest BCUT2D eigenvalue weighted by Gasteiger charge is 2.21. The summed E-state index contributed by atoms with van der Waals surface area (Å²) in [6.45, 7) is 4.63. The molecule has 0 radical (unpaired) electrons. The molecule has 0 amide bonds. The van der Waals surface area contributed by atoms with Crippen LogP contribution in [-0.2, 0) is 15.9 Å². The number of hydrogen-bond donors (Lipinski definition) is 1. The van der Waals surface area contributed by atoms with Crippen molar-refractivity contribution in [3.63, 3.8) is 0 Å². The molecule has 4 heteroatoms. The Bertz CT molecular complexity index is 326. The normalized spacial score (nSPS) is 18.1. The van der Waals surface area contributed by atoms with Gasteiger partial charge in [0, 0.05) is 30.8 Å². The highest BCUT2D eigenvalue weighted by molar-refractivity contribution is 5.05. The summed E-state index contributed by atoms with van der Waals surface area (Å²) in [7, 11) is 0. The molecule has 4 nitrogen and oxygen atoms in total. The maximum absolute atomic E-state index is 5.52. The van der Waals surface area contributed by atoms with Crippen molar-refractivity contribution in [3.8, 4) is 0 Å². The minimum atomic E-state index is -0.0527. The van der Waals surface area contributed by atoms with Gasteiger partial charge in [-0.1, -0.05) is 13.0 Å². The lowest BCUT2D eigenvalue weighted by atomic mass is 10.1. The van der Waals surface area contributed by atoms with Crippen molar-refractivity contribution in [2.75, 3.05) is 19.8 Å². The first-order chi connectivity index (χ1) is 8.88. The first kappa shape index (κ1) is 13.5. The van der Waals surface area contributed by atoms with Gasteiger partial charge in [-0.15, -0.1) is 0 Å². The van der Waals surface area contributed by atoms with E-state index >= 15 is 0 Å². The number of pyridine rings is 1. The van der Waals surface area contributed by atoms with Gasteiger partial charge in [-0.25, -0.2) is 0 Å². The molecule has 18 heavy (non-hydrogen) atoms. The summed E-state index contributed by atoms with van der Waals surface area (Å²) < 4.78 is 11.0. The Balaban J connectivity index is 1.87. The van der Waals surface area contributed by atoms with Gasteiger partial charge in [0.15, 0.2) is 6.29 Å². The fourth-order valence-corrected chi connectivity index (χ4v) is 2.13. The molecule has 1 saturated heterocycles. The standard InChI is InChI=1S/C14H22N2O2/c1-2-6-15-13(11-14-17-8-9-18-14)10-12-5-3-4-7-16-12/h3-5,7,13-15H,2,6,8-11H2,1H3. The monoisotopic (exact) mass is 250 g/mol. The lowest BCUT2D eigenvalue weighted by molar-refractivity contribution is -0.0526. The highest BCUT2D eigenvalue weighted by atomic mass is 16.7. The third-order valence-corrected chi connectivity index (χ3v) is 3.03. The molecule has 0 aromatic carbocycles. The van der Waals surface area contributed by atoms with Crippen LogP contribution in [0.3, 0.4) is 0 Å². The van der Waals surface area contributed by atoms with E-state index in [2.05, 4.69) is 23.3 Å². The third-order valence-electron chi connectivity index (χ3n) is 3.03. The molecule has 0 spiro atoms. The number of nitrogens with zero attached hydrogens (tertiary/aromatic N) is 1. The summed E-state index contributed by atoms with van der Waals surface area (Å²) in [5.74, 6) is 0. The summed E-state index contributed by atoms with van der Waals surface area (Å²) in [6.07, 6.45) is 4.73. The van der Waals surface area contributed by atoms with Gasteiger partial charge in [0.25, 0.3) is 0 Å². The van der Waals surface area contributed by atoms with Crippen LogP contribution in [0.25, 0.3) is 0 Å². The second-order valence-corrected chi connectivity index (χ2v) is 4.58. The van der Waals surface area contributed by atoms with Crippen molar-refractivity contribution in [2.45, 2.75) is 38.5 Å². The molecule has 1 aromatic rings. The topological polar surface area (TPSA) is 43.4 Å². The van der Waals surface area contributed by atoms with Crippen LogP contribution < -0.4 is 5.32 Å². The van der Waals surface area contributed by atoms with E-state index in [-0.39, 0.29) is 6.29 Å². The second-order valence-electron chi connectivity index (χ2n) is 4.58. The molecule has 2 heterocycles. The molecular formula is C14H22N2O2. The Morgan fingerprint density at radius 2 is 2.22 bits per heavy atom. The molecule has 1 atom stereocenters. The highest BCUT2D eigenvalue weighted by Crippen LogP contribution is 2.13. The van der Waals surface area contributed by atoms with Gasteiger partial charge in [0.2, 0.25) is 0 Å². The van der Waals surface area contributed by atoms with Crippen molar-refractivity contribution in [1.29, 1.82) is 0 Å². The molecule has 1 aliphatic heterocycles. The smallest absolute Gasteiger partial charge is 0.159 e. The Labute approximate surface area is 109 Å². The predicted molar refractivity (Wildman–Crippen MR) is 70.3 cm³/mol. The average Bonchev–Trinajstić information content (AvgIpc) is 2.90. The SMILES string of the molecule is CCCNC(Cc1ccccn1)CC1OCCO1. The van der Waals surface area contributed by atoms with Crippen LogP contribution in [0.15, 0.2) is 24.4 Å². The second kappa shape index (κ2) is 7.46. The zero-order chi connectivity index (χ0) is 12.6. The van der Waals surface area contributed by atoms with Crippen LogP contribution in [0.4, 0.5) is 0 Å². The van der Waals surface area contributed by atoms with Gasteiger partial charge < -0.3 is 14.8 Å². The molecular weight excluding hydrogens is 228 g/mol. The van der Waals surface area contributed by atoms with E-state index in [1.807, 2.05) is 18.3 Å². The largest absolute Gasteiger partial charge is 0.350 e. The molecule has 0 aliphatic carbocycles. The van der Waals surface area contributed by atoms with Crippen molar-refractivity contribution in [1.82, 2.24) is 10.3 Å². The fraction of sp³-hybridized carbons (Fsp3) is 0.643. The van der Waals surface area contributed by atoms with Crippen LogP contribution in [0.1, 0.15) is 25.5 Å². The molecule has 0 saturated carbocycles. The summed E-state index contributed by atoms with van der Waals surface area (Å²) >= 11 is 0. The van der Waals surface area contributed by atoms with E-state index in [0.717, 1.165) is 44.7 Å². The molecule has 0 bridgehead atoms. The van der Waals surface area contributed by atoms with E-state index in [0.29, 0.717) is 6.04 Å². The molecule has 1 N–H and O–H groups in total. The van der Waals surface area contributed by atoms with Crippen LogP contribution in [-0.4, -0.2) is 37.1 Å². The lowest BCUT2D eigenvalue weighted by Gasteiger charge is -2.20. The minimum absolute atomic E-state index is 0.0527. The van der Waals surface area contributed by atoms with E-state index in [4.69, 9.17) is 9.47 Å². The van der Waals surface area contributed by atoms with Gasteiger partial charge in [-0.05, 0) is 25.1 Å². The first-order valence-corrected chi connectivity index (χ1v) is 6.75. The minimum Gasteiger partial charge on any atom is -0.350 e. The van der Waals surface area contributed by atoms with Crippen molar-refractivity contribution < 1.29 is 9.47 Å². The fourth-order valence-electron chi connectivity index (χ4n) is 2.13. The third kappa shape index (κ3) is 4.37. The lowest BCUT2D eigenvalue weighted by Crippen LogP contribution is -2.35. The maximum Gasteiger partial charge on any atom is 0.159 e. The molecule has 1 aliphatic rings. The van der Waals surface area contributed by atoms with Gasteiger partial charge in [0.1, 0.15) is 0 Å². The molecule has 1 aromatic heterocycles. The van der Waals surface area contributed by atoms with Crippen molar-refractivity contribution >= 4 is 0 Å². The number of rotatable bonds is 7. The summed E-state index contributed by atoms with van der Waals surface area (Å²) in [5, 5.41) is 3.54. The predicted octanol–water partition coefficient (Wildman–Crippen LogP) is 1.76. The number of aromatic nitrogens is 1. The molecule has 2 rings (SSSR count). The van der Waals surface area contributed by atoms with E-state index < -0.39 is 0 Å². The Morgan fingerprint density at radius 1 is 1.39 bits per heavy atom. The average molecular weight is 250 g/mol. The zero-order valence-corrected chi connectivity index (χ0v) is 11.0. The van der Waals surface area contributed by atoms with E-state index in [1.165, 1.54) is 0 Å². The van der Waals surface area contributed by atoms with Gasteiger partial charge in [-0.3, -0.25) is 4.98 Å². The Morgan fingerprint density at radius 3 is 2.89 bits per heavy atom. The number of ether oxygens (including phenoxy) is 2. The molecule has 1 unspecified atom stereocenters. The Hall–Kier alpha value is -0.970. The number of hydrogen-bond acceptors (Lipinski definition) is 4. The van der Waals surface area contributed by atoms with E-state index in [9.17, 15) is 0 Å². The van der Waals surface area contributed by atoms with Gasteiger partial charge in [-0.2, -0.15) is 0 Å². The van der Waals surface area contributed by atoms with Crippen molar-refractivity contribution in [2.24, 2.45) is 0 Å². The van der Waals surface area contributed by atoms with Crippen LogP contribution in [0.5, 0.6) is 0 Å². The Kier molecular flexibility index (Phi) is 5.58. The van der Waals surface area contributed by atoms with Crippen LogP contribution in [0, 0.1) is 0 Å². The van der Waals surface area contributed by atoms with Crippen LogP contribution >= 0.6 is 0 Å². The van der Waals surface area contributed by atoms with Crippen LogP contribution in [0.2, 0.25) is 0 Å². The first-order valence-electron chi connectivity index (χ1n) is 6.75. The van der Waals surface area contributed by atoms with Crippen molar-refractivity contribution in [3.05, 3.63) is 30.1 Å². The maximum atomic E-state index is 5.52. The summed E-state index contributed by atoms with van der Waals surface area (Å²) in [4.78, 5) is 4.38. The van der Waals surface area contributed by atoms with E-state index in [1.54, 1.807) is 0 Å². The molecule has 100 valence electrons. The van der Waals surface area contributed by atoms with Gasteiger partial charge in [0.05, 0.1) is 13.2 Å².